The molecule has 0 aliphatic rings. The molecule has 0 aliphatic carbocycles. The second-order valence-corrected chi connectivity index (χ2v) is 4.57. The van der Waals surface area contributed by atoms with E-state index in [2.05, 4.69) is 43.4 Å². The minimum Gasteiger partial charge on any atom is -0.352 e. The number of carbonyl (C=O) groups is 1. The van der Waals surface area contributed by atoms with E-state index in [1.54, 1.807) is 23.0 Å². The van der Waals surface area contributed by atoms with Gasteiger partial charge in [-0.1, -0.05) is 0 Å². The van der Waals surface area contributed by atoms with Crippen molar-refractivity contribution in [2.75, 3.05) is 19.7 Å². The molecular weight excluding hydrogens is 436 g/mol. The molecule has 1 unspecified atom stereocenters. The second kappa shape index (κ2) is 12.0. The van der Waals surface area contributed by atoms with Crippen molar-refractivity contribution < 1.29 is 7.86 Å². The van der Waals surface area contributed by atoms with E-state index >= 15 is 0 Å². The zero-order chi connectivity index (χ0) is 12.2. The Morgan fingerprint density at radius 2 is 2.19 bits per heavy atom. The Labute approximate surface area is 124 Å². The Balaban J connectivity index is 3.70. The summed E-state index contributed by atoms with van der Waals surface area (Å²) >= 11 is 3.91. The number of hydrogen-bond acceptors (Lipinski definition) is 4. The maximum Gasteiger partial charge on any atom is 0.244 e. The van der Waals surface area contributed by atoms with Crippen molar-refractivity contribution in [3.05, 3.63) is 0 Å². The predicted octanol–water partition coefficient (Wildman–Crippen LogP) is 1.65. The molecule has 0 aromatic carbocycles. The highest BCUT2D eigenvalue weighted by Crippen LogP contribution is 2.04. The third-order valence-electron chi connectivity index (χ3n) is 2.00. The first-order chi connectivity index (χ1) is 7.76. The summed E-state index contributed by atoms with van der Waals surface area (Å²) in [7, 11) is 0. The van der Waals surface area contributed by atoms with Gasteiger partial charge in [0, 0.05) is 36.0 Å². The lowest BCUT2D eigenvalue weighted by Gasteiger charge is -2.11. The van der Waals surface area contributed by atoms with Gasteiger partial charge in [0.1, 0.15) is 29.0 Å². The molecule has 0 aromatic rings. The van der Waals surface area contributed by atoms with Crippen molar-refractivity contribution in [2.24, 2.45) is 4.99 Å². The van der Waals surface area contributed by atoms with Crippen molar-refractivity contribution in [3.8, 4) is 0 Å². The van der Waals surface area contributed by atoms with Crippen LogP contribution in [0.25, 0.3) is 0 Å². The van der Waals surface area contributed by atoms with Crippen LogP contribution in [0.5, 0.6) is 0 Å². The molecule has 2 N–H and O–H groups in total. The van der Waals surface area contributed by atoms with Gasteiger partial charge in [0.15, 0.2) is 0 Å². The van der Waals surface area contributed by atoms with Crippen molar-refractivity contribution >= 4 is 58.5 Å². The maximum absolute atomic E-state index is 11.6. The number of amides is 1. The third kappa shape index (κ3) is 8.65. The van der Waals surface area contributed by atoms with Crippen LogP contribution in [-0.4, -0.2) is 38.4 Å². The van der Waals surface area contributed by atoms with E-state index in [1.807, 2.05) is 0 Å². The van der Waals surface area contributed by atoms with Crippen molar-refractivity contribution in [3.63, 3.8) is 0 Å². The lowest BCUT2D eigenvalue weighted by atomic mass is 10.1. The van der Waals surface area contributed by atoms with Crippen molar-refractivity contribution in [1.29, 1.82) is 0 Å². The zero-order valence-corrected chi connectivity index (χ0v) is 13.4. The van der Waals surface area contributed by atoms with Crippen LogP contribution in [0.4, 0.5) is 0 Å². The lowest BCUT2D eigenvalue weighted by molar-refractivity contribution is -0.122. The van der Waals surface area contributed by atoms with Crippen LogP contribution in [0.2, 0.25) is 0 Å². The van der Waals surface area contributed by atoms with Gasteiger partial charge in [-0.3, -0.25) is 13.3 Å². The molecule has 0 rings (SSSR count). The summed E-state index contributed by atoms with van der Waals surface area (Å²) in [5, 5.41) is 2.76. The van der Waals surface area contributed by atoms with Crippen LogP contribution in [0.15, 0.2) is 4.99 Å². The number of halogens is 2. The molecule has 1 amide bonds. The summed E-state index contributed by atoms with van der Waals surface area (Å²) in [5.41, 5.74) is 0. The van der Waals surface area contributed by atoms with Gasteiger partial charge < -0.3 is 8.38 Å². The van der Waals surface area contributed by atoms with E-state index in [9.17, 15) is 4.79 Å². The molecule has 0 radical (unpaired) electrons. The molecule has 0 saturated carbocycles. The number of hydrogen-bond donors (Lipinski definition) is 2. The van der Waals surface area contributed by atoms with Crippen molar-refractivity contribution in [1.82, 2.24) is 8.85 Å². The van der Waals surface area contributed by atoms with Crippen LogP contribution >= 0.6 is 45.9 Å². The summed E-state index contributed by atoms with van der Waals surface area (Å²) in [6.07, 6.45) is 2.76. The van der Waals surface area contributed by atoms with Gasteiger partial charge in [0.25, 0.3) is 0 Å². The molecule has 16 heavy (non-hydrogen) atoms. The van der Waals surface area contributed by atoms with E-state index in [1.165, 1.54) is 0 Å². The number of nitrogens with one attached hydrogen (secondary N) is 2. The van der Waals surface area contributed by atoms with Crippen LogP contribution in [0.1, 0.15) is 19.3 Å². The average molecular weight is 453 g/mol. The summed E-state index contributed by atoms with van der Waals surface area (Å²) in [6.45, 7) is 5.43. The smallest absolute Gasteiger partial charge is 0.244 e. The number of nitrogens with zero attached hydrogens (tertiary/aromatic N) is 1. The van der Waals surface area contributed by atoms with Gasteiger partial charge in [-0.05, 0) is 26.0 Å². The van der Waals surface area contributed by atoms with E-state index < -0.39 is 0 Å². The van der Waals surface area contributed by atoms with Crippen molar-refractivity contribution in [2.45, 2.75) is 25.3 Å². The average Bonchev–Trinajstić information content (AvgIpc) is 2.29. The first-order valence-corrected chi connectivity index (χ1v) is 7.02. The van der Waals surface area contributed by atoms with E-state index in [0.717, 1.165) is 25.8 Å². The second-order valence-electron chi connectivity index (χ2n) is 3.18. The number of aliphatic imine (C=N–C) groups is 1. The first kappa shape index (κ1) is 16.5. The molecule has 1 atom stereocenters. The normalized spacial score (nSPS) is 12.1. The minimum absolute atomic E-state index is 0.0640. The molecule has 0 fully saturated rings. The first-order valence-electron chi connectivity index (χ1n) is 5.06. The highest BCUT2D eigenvalue weighted by molar-refractivity contribution is 14.1. The fraction of sp³-hybridized carbons (Fsp3) is 0.778. The quantitative estimate of drug-likeness (QED) is 0.229. The summed E-state index contributed by atoms with van der Waals surface area (Å²) in [5.74, 6) is -0.0640. The third-order valence-corrected chi connectivity index (χ3v) is 2.98. The Hall–Kier alpha value is 0.520. The van der Waals surface area contributed by atoms with E-state index in [0.29, 0.717) is 13.2 Å². The van der Waals surface area contributed by atoms with E-state index in [-0.39, 0.29) is 11.9 Å². The topological polar surface area (TPSA) is 62.7 Å². The Bertz CT molecular complexity index is 205. The largest absolute Gasteiger partial charge is 0.352 e. The van der Waals surface area contributed by atoms with Gasteiger partial charge in [0.2, 0.25) is 5.91 Å². The molecule has 94 valence electrons. The van der Waals surface area contributed by atoms with Crippen LogP contribution in [-0.2, 0) is 7.86 Å². The van der Waals surface area contributed by atoms with Gasteiger partial charge in [-0.2, -0.15) is 0 Å². The standard InChI is InChI=1S/C9H17I2N3O2/c1-12-8(4-2-3-5-14-10)9(15)13-6-7-16-11/h8,14H,1-7H2,(H,13,15). The number of unbranched alkanes of at least 4 members (excludes halogenated alkanes) is 1. The number of rotatable bonds is 10. The SMILES string of the molecule is C=NC(CCCCNI)C(=O)NCCOI. The van der Waals surface area contributed by atoms with Gasteiger partial charge in [-0.15, -0.1) is 0 Å². The highest BCUT2D eigenvalue weighted by Gasteiger charge is 2.14. The molecule has 5 nitrogen and oxygen atoms in total. The Kier molecular flexibility index (Phi) is 12.4. The summed E-state index contributed by atoms with van der Waals surface area (Å²) < 4.78 is 7.86. The summed E-state index contributed by atoms with van der Waals surface area (Å²) in [6, 6.07) is -0.330. The van der Waals surface area contributed by atoms with Gasteiger partial charge >= 0.3 is 0 Å². The van der Waals surface area contributed by atoms with Gasteiger partial charge in [0.05, 0.1) is 6.61 Å². The van der Waals surface area contributed by atoms with E-state index in [4.69, 9.17) is 3.07 Å². The lowest BCUT2D eigenvalue weighted by Crippen LogP contribution is -2.35. The Morgan fingerprint density at radius 3 is 2.75 bits per heavy atom. The molecule has 0 heterocycles. The fourth-order valence-electron chi connectivity index (χ4n) is 1.17. The molecular formula is C9H17I2N3O2. The fourth-order valence-corrected chi connectivity index (χ4v) is 1.77. The molecule has 0 bridgehead atoms. The highest BCUT2D eigenvalue weighted by atomic mass is 127. The molecule has 0 aliphatic heterocycles. The van der Waals surface area contributed by atoms with Crippen LogP contribution in [0, 0.1) is 0 Å². The van der Waals surface area contributed by atoms with Crippen LogP contribution < -0.4 is 8.85 Å². The monoisotopic (exact) mass is 453 g/mol. The zero-order valence-electron chi connectivity index (χ0n) is 9.05. The molecule has 0 saturated heterocycles. The summed E-state index contributed by atoms with van der Waals surface area (Å²) in [4.78, 5) is 15.4. The molecule has 7 heteroatoms. The molecule has 0 spiro atoms. The minimum atomic E-state index is -0.330. The van der Waals surface area contributed by atoms with Gasteiger partial charge in [-0.25, -0.2) is 0 Å². The van der Waals surface area contributed by atoms with Crippen LogP contribution in [0.3, 0.4) is 0 Å². The predicted molar refractivity (Wildman–Crippen MR) is 82.2 cm³/mol. The Morgan fingerprint density at radius 1 is 1.44 bits per heavy atom. The molecule has 0 aromatic heterocycles. The number of carbonyl (C=O) groups excluding carboxylic acids is 1. The maximum atomic E-state index is 11.6.